The van der Waals surface area contributed by atoms with E-state index in [1.54, 1.807) is 23.3 Å². The van der Waals surface area contributed by atoms with E-state index in [0.29, 0.717) is 0 Å². The summed E-state index contributed by atoms with van der Waals surface area (Å²) in [5.41, 5.74) is 0. The molecule has 0 spiro atoms. The van der Waals surface area contributed by atoms with Gasteiger partial charge in [-0.1, -0.05) is 29.5 Å². The van der Waals surface area contributed by atoms with Crippen LogP contribution in [0.2, 0.25) is 0 Å². The van der Waals surface area contributed by atoms with Crippen molar-refractivity contribution in [3.05, 3.63) is 47.3 Å². The lowest BCUT2D eigenvalue weighted by Crippen LogP contribution is -1.99. The average molecular weight is 275 g/mol. The summed E-state index contributed by atoms with van der Waals surface area (Å²) in [5.74, 6) is 0.788. The molecular formula is C11H7BrN4. The van der Waals surface area contributed by atoms with Crippen molar-refractivity contribution in [2.45, 2.75) is 0 Å². The molecule has 1 aromatic carbocycles. The summed E-state index contributed by atoms with van der Waals surface area (Å²) in [6.07, 6.45) is 5.19. The number of fused-ring (bicyclic) bond motifs is 1. The van der Waals surface area contributed by atoms with Crippen LogP contribution in [0.15, 0.2) is 47.3 Å². The summed E-state index contributed by atoms with van der Waals surface area (Å²) >= 11 is 3.49. The zero-order valence-corrected chi connectivity index (χ0v) is 9.79. The Hall–Kier alpha value is -1.75. The predicted octanol–water partition coefficient (Wildman–Crippen LogP) is 2.58. The van der Waals surface area contributed by atoms with Gasteiger partial charge in [-0.15, -0.1) is 5.10 Å². The van der Waals surface area contributed by atoms with Crippen LogP contribution in [0.3, 0.4) is 0 Å². The molecule has 0 aliphatic rings. The van der Waals surface area contributed by atoms with E-state index < -0.39 is 0 Å². The Kier molecular flexibility index (Phi) is 2.18. The lowest BCUT2D eigenvalue weighted by molar-refractivity contribution is 0.787. The Morgan fingerprint density at radius 2 is 1.94 bits per heavy atom. The highest BCUT2D eigenvalue weighted by atomic mass is 79.9. The van der Waals surface area contributed by atoms with E-state index >= 15 is 0 Å². The van der Waals surface area contributed by atoms with Crippen molar-refractivity contribution in [2.75, 3.05) is 0 Å². The molecule has 0 aliphatic heterocycles. The zero-order valence-electron chi connectivity index (χ0n) is 8.21. The van der Waals surface area contributed by atoms with Crippen LogP contribution in [0.4, 0.5) is 0 Å². The molecule has 0 amide bonds. The van der Waals surface area contributed by atoms with E-state index in [0.717, 1.165) is 21.1 Å². The van der Waals surface area contributed by atoms with E-state index in [1.165, 1.54) is 0 Å². The van der Waals surface area contributed by atoms with Crippen molar-refractivity contribution in [3.8, 4) is 5.82 Å². The van der Waals surface area contributed by atoms with Gasteiger partial charge < -0.3 is 0 Å². The molecule has 0 saturated carbocycles. The fourth-order valence-electron chi connectivity index (χ4n) is 1.65. The molecule has 0 radical (unpaired) electrons. The maximum absolute atomic E-state index is 4.36. The summed E-state index contributed by atoms with van der Waals surface area (Å²) in [5, 5.41) is 9.90. The van der Waals surface area contributed by atoms with Crippen molar-refractivity contribution in [3.63, 3.8) is 0 Å². The number of aromatic nitrogens is 4. The zero-order chi connectivity index (χ0) is 11.0. The smallest absolute Gasteiger partial charge is 0.163 e. The molecule has 3 rings (SSSR count). The summed E-state index contributed by atoms with van der Waals surface area (Å²) in [6.45, 7) is 0. The van der Waals surface area contributed by atoms with E-state index in [9.17, 15) is 0 Å². The molecule has 78 valence electrons. The van der Waals surface area contributed by atoms with Gasteiger partial charge in [-0.05, 0) is 15.9 Å². The minimum absolute atomic E-state index is 0.788. The number of hydrogen-bond donors (Lipinski definition) is 0. The molecule has 4 nitrogen and oxygen atoms in total. The first kappa shape index (κ1) is 9.47. The molecule has 3 aromatic rings. The van der Waals surface area contributed by atoms with Crippen LogP contribution in [-0.2, 0) is 0 Å². The number of halogens is 1. The second-order valence-corrected chi connectivity index (χ2v) is 4.18. The Bertz CT molecular complexity index is 634. The Morgan fingerprint density at radius 3 is 2.69 bits per heavy atom. The minimum Gasteiger partial charge on any atom is -0.235 e. The molecule has 0 saturated heterocycles. The van der Waals surface area contributed by atoms with Crippen LogP contribution >= 0.6 is 15.9 Å². The first-order valence-electron chi connectivity index (χ1n) is 4.76. The van der Waals surface area contributed by atoms with E-state index in [4.69, 9.17) is 0 Å². The topological polar surface area (TPSA) is 43.6 Å². The van der Waals surface area contributed by atoms with Gasteiger partial charge in [-0.3, -0.25) is 0 Å². The largest absolute Gasteiger partial charge is 0.235 e. The normalized spacial score (nSPS) is 10.8. The first-order chi connectivity index (χ1) is 7.86. The Morgan fingerprint density at radius 1 is 1.12 bits per heavy atom. The maximum Gasteiger partial charge on any atom is 0.163 e. The summed E-state index contributed by atoms with van der Waals surface area (Å²) in [4.78, 5) is 4.36. The maximum atomic E-state index is 4.36. The Balaban J connectivity index is 2.39. The molecular weight excluding hydrogens is 268 g/mol. The van der Waals surface area contributed by atoms with Crippen LogP contribution in [0.5, 0.6) is 0 Å². The van der Waals surface area contributed by atoms with Gasteiger partial charge in [-0.25, -0.2) is 9.67 Å². The van der Waals surface area contributed by atoms with Gasteiger partial charge >= 0.3 is 0 Å². The minimum atomic E-state index is 0.788. The number of hydrogen-bond acceptors (Lipinski definition) is 3. The average Bonchev–Trinajstić information content (AvgIpc) is 2.83. The third-order valence-electron chi connectivity index (χ3n) is 2.36. The molecule has 5 heteroatoms. The molecule has 16 heavy (non-hydrogen) atoms. The fourth-order valence-corrected chi connectivity index (χ4v) is 2.10. The van der Waals surface area contributed by atoms with Gasteiger partial charge in [0, 0.05) is 21.4 Å². The Labute approximate surface area is 100 Å². The van der Waals surface area contributed by atoms with Gasteiger partial charge in [0.05, 0.1) is 12.4 Å². The van der Waals surface area contributed by atoms with Crippen LogP contribution in [0.1, 0.15) is 0 Å². The van der Waals surface area contributed by atoms with Gasteiger partial charge in [0.1, 0.15) is 0 Å². The monoisotopic (exact) mass is 274 g/mol. The molecule has 0 bridgehead atoms. The van der Waals surface area contributed by atoms with Gasteiger partial charge in [0.15, 0.2) is 5.82 Å². The van der Waals surface area contributed by atoms with Gasteiger partial charge in [-0.2, -0.15) is 0 Å². The van der Waals surface area contributed by atoms with Crippen molar-refractivity contribution in [2.24, 2.45) is 0 Å². The lowest BCUT2D eigenvalue weighted by atomic mass is 10.1. The van der Waals surface area contributed by atoms with Crippen molar-refractivity contribution < 1.29 is 0 Å². The number of benzene rings is 1. The quantitative estimate of drug-likeness (QED) is 0.685. The number of rotatable bonds is 1. The number of pyridine rings is 1. The molecule has 0 atom stereocenters. The first-order valence-corrected chi connectivity index (χ1v) is 5.55. The van der Waals surface area contributed by atoms with E-state index in [2.05, 4.69) is 31.2 Å². The molecule has 0 fully saturated rings. The summed E-state index contributed by atoms with van der Waals surface area (Å²) < 4.78 is 2.64. The molecule has 0 aliphatic carbocycles. The molecule has 0 N–H and O–H groups in total. The van der Waals surface area contributed by atoms with Crippen molar-refractivity contribution in [1.29, 1.82) is 0 Å². The molecule has 2 heterocycles. The fraction of sp³-hybridized carbons (Fsp3) is 0. The SMILES string of the molecule is Brc1cnc(-n2ccnn2)c2ccccc12. The number of nitrogens with zero attached hydrogens (tertiary/aromatic N) is 4. The van der Waals surface area contributed by atoms with Gasteiger partial charge in [0.25, 0.3) is 0 Å². The third-order valence-corrected chi connectivity index (χ3v) is 3.00. The summed E-state index contributed by atoms with van der Waals surface area (Å²) in [6, 6.07) is 8.04. The van der Waals surface area contributed by atoms with Crippen LogP contribution in [0, 0.1) is 0 Å². The highest BCUT2D eigenvalue weighted by Crippen LogP contribution is 2.26. The second kappa shape index (κ2) is 3.68. The highest BCUT2D eigenvalue weighted by molar-refractivity contribution is 9.10. The van der Waals surface area contributed by atoms with Crippen LogP contribution in [0.25, 0.3) is 16.6 Å². The molecule has 0 unspecified atom stereocenters. The summed E-state index contributed by atoms with van der Waals surface area (Å²) in [7, 11) is 0. The van der Waals surface area contributed by atoms with Crippen molar-refractivity contribution >= 4 is 26.7 Å². The van der Waals surface area contributed by atoms with E-state index in [-0.39, 0.29) is 0 Å². The second-order valence-electron chi connectivity index (χ2n) is 3.32. The van der Waals surface area contributed by atoms with Crippen molar-refractivity contribution in [1.82, 2.24) is 20.0 Å². The predicted molar refractivity (Wildman–Crippen MR) is 64.4 cm³/mol. The van der Waals surface area contributed by atoms with Crippen LogP contribution in [-0.4, -0.2) is 20.0 Å². The van der Waals surface area contributed by atoms with Gasteiger partial charge in [0.2, 0.25) is 0 Å². The van der Waals surface area contributed by atoms with Crippen LogP contribution < -0.4 is 0 Å². The standard InChI is InChI=1S/C11H7BrN4/c12-10-7-13-11(16-6-5-14-15-16)9-4-2-1-3-8(9)10/h1-7H. The third kappa shape index (κ3) is 1.40. The van der Waals surface area contributed by atoms with E-state index in [1.807, 2.05) is 24.3 Å². The lowest BCUT2D eigenvalue weighted by Gasteiger charge is -2.05. The highest BCUT2D eigenvalue weighted by Gasteiger charge is 2.07. The molecule has 2 aromatic heterocycles.